The Morgan fingerprint density at radius 1 is 0.889 bits per heavy atom. The molecule has 0 unspecified atom stereocenters. The van der Waals surface area contributed by atoms with E-state index in [1.165, 1.54) is 18.9 Å². The van der Waals surface area contributed by atoms with Crippen LogP contribution in [0.25, 0.3) is 0 Å². The van der Waals surface area contributed by atoms with Crippen LogP contribution in [0.1, 0.15) is 101 Å². The van der Waals surface area contributed by atoms with E-state index in [-0.39, 0.29) is 24.9 Å². The average Bonchev–Trinajstić information content (AvgIpc) is 2.69. The second-order valence-corrected chi connectivity index (χ2v) is 11.0. The molecule has 5 nitrogen and oxygen atoms in total. The molecular weight excluding hydrogens is 493 g/mol. The summed E-state index contributed by atoms with van der Waals surface area (Å²) in [4.78, 5) is 11.7. The summed E-state index contributed by atoms with van der Waals surface area (Å²) in [6.45, 7) is 18.0. The van der Waals surface area contributed by atoms with Gasteiger partial charge in [0.25, 0.3) is 0 Å². The third-order valence-corrected chi connectivity index (χ3v) is 5.77. The van der Waals surface area contributed by atoms with Crippen LogP contribution in [-0.4, -0.2) is 26.5 Å². The van der Waals surface area contributed by atoms with Crippen molar-refractivity contribution in [2.75, 3.05) is 6.61 Å². The lowest BCUT2D eigenvalue weighted by Crippen LogP contribution is -2.25. The van der Waals surface area contributed by atoms with E-state index in [2.05, 4.69) is 48.8 Å². The highest BCUT2D eigenvalue weighted by Gasteiger charge is 2.48. The lowest BCUT2D eigenvalue weighted by atomic mass is 9.77. The zero-order valence-electron chi connectivity index (χ0n) is 23.3. The normalized spacial score (nSPS) is 12.8. The molecule has 0 atom stereocenters. The zero-order valence-corrected chi connectivity index (χ0v) is 24.2. The number of carbonyl (C=O) groups excluding carboxylic acids is 1. The lowest BCUT2D eigenvalue weighted by molar-refractivity contribution is -0.137. The van der Waals surface area contributed by atoms with Gasteiger partial charge in [-0.25, -0.2) is 4.79 Å². The molecule has 0 aromatic rings. The summed E-state index contributed by atoms with van der Waals surface area (Å²) in [7, 11) is -5.89. The summed E-state index contributed by atoms with van der Waals surface area (Å²) in [5.41, 5.74) is -2.37. The first-order valence-corrected chi connectivity index (χ1v) is 13.7. The molecule has 0 saturated carbocycles. The SMILES string of the molecule is CCC.CCOC(=O)/C=C(/CC/C=C(\CC=C(C)C)C(C)(C)CCC=C(C)C)OS(=O)(=O)C(F)(F)F. The molecule has 0 spiro atoms. The fourth-order valence-electron chi connectivity index (χ4n) is 2.86. The molecule has 0 fully saturated rings. The van der Waals surface area contributed by atoms with E-state index in [0.29, 0.717) is 12.5 Å². The largest absolute Gasteiger partial charge is 0.534 e. The zero-order chi connectivity index (χ0) is 28.6. The Labute approximate surface area is 216 Å². The van der Waals surface area contributed by atoms with Gasteiger partial charge in [0.15, 0.2) is 0 Å². The first kappa shape index (κ1) is 36.1. The highest BCUT2D eigenvalue weighted by molar-refractivity contribution is 7.87. The topological polar surface area (TPSA) is 69.7 Å². The number of allylic oxidation sites excluding steroid dienone is 7. The van der Waals surface area contributed by atoms with Gasteiger partial charge in [-0.1, -0.05) is 69.1 Å². The Morgan fingerprint density at radius 3 is 1.86 bits per heavy atom. The van der Waals surface area contributed by atoms with Crippen molar-refractivity contribution in [3.63, 3.8) is 0 Å². The molecule has 0 aromatic carbocycles. The number of rotatable bonds is 13. The molecule has 0 heterocycles. The third-order valence-electron chi connectivity index (χ3n) is 4.77. The van der Waals surface area contributed by atoms with Crippen molar-refractivity contribution in [2.24, 2.45) is 5.41 Å². The first-order chi connectivity index (χ1) is 16.4. The fourth-order valence-corrected chi connectivity index (χ4v) is 3.37. The van der Waals surface area contributed by atoms with Crippen molar-refractivity contribution >= 4 is 16.1 Å². The standard InChI is InChI=1S/C24H37F3O5S.C3H8/c1-8-31-22(28)17-21(32-33(29,30)24(25,26)27)13-9-12-20(15-14-19(4)5)23(6,7)16-10-11-18(2)3;1-3-2/h11-12,14,17H,8-10,13,15-16H2,1-7H3;3H2,1-2H3/b20-12+,21-17-;. The molecule has 0 N–H and O–H groups in total. The van der Waals surface area contributed by atoms with Crippen LogP contribution in [0.2, 0.25) is 0 Å². The highest BCUT2D eigenvalue weighted by Crippen LogP contribution is 2.36. The number of esters is 1. The summed E-state index contributed by atoms with van der Waals surface area (Å²) >= 11 is 0. The lowest BCUT2D eigenvalue weighted by Gasteiger charge is -2.28. The molecule has 0 aliphatic heterocycles. The van der Waals surface area contributed by atoms with Gasteiger partial charge in [0.05, 0.1) is 12.7 Å². The maximum Gasteiger partial charge on any atom is 0.534 e. The molecule has 0 amide bonds. The molecule has 210 valence electrons. The highest BCUT2D eigenvalue weighted by atomic mass is 32.2. The predicted molar refractivity (Wildman–Crippen MR) is 141 cm³/mol. The molecule has 0 rings (SSSR count). The molecule has 0 radical (unpaired) electrons. The molecular formula is C27H45F3O5S. The van der Waals surface area contributed by atoms with Crippen LogP contribution in [0.15, 0.2) is 46.8 Å². The maximum atomic E-state index is 12.8. The average molecular weight is 539 g/mol. The second kappa shape index (κ2) is 17.4. The van der Waals surface area contributed by atoms with Crippen LogP contribution in [0.4, 0.5) is 13.2 Å². The number of hydrogen-bond donors (Lipinski definition) is 0. The van der Waals surface area contributed by atoms with Crippen LogP contribution in [-0.2, 0) is 23.8 Å². The molecule has 0 aliphatic carbocycles. The molecule has 0 saturated heterocycles. The Hall–Kier alpha value is -2.03. The van der Waals surface area contributed by atoms with Crippen LogP contribution in [0.5, 0.6) is 0 Å². The van der Waals surface area contributed by atoms with Crippen LogP contribution >= 0.6 is 0 Å². The van der Waals surface area contributed by atoms with Crippen molar-refractivity contribution in [3.8, 4) is 0 Å². The quantitative estimate of drug-likeness (QED) is 0.0587. The number of alkyl halides is 3. The minimum atomic E-state index is -5.89. The van der Waals surface area contributed by atoms with Gasteiger partial charge in [-0.3, -0.25) is 0 Å². The van der Waals surface area contributed by atoms with Crippen LogP contribution in [0, 0.1) is 5.41 Å². The Bertz CT molecular complexity index is 885. The number of halogens is 3. The van der Waals surface area contributed by atoms with E-state index in [4.69, 9.17) is 0 Å². The van der Waals surface area contributed by atoms with E-state index in [1.54, 1.807) is 0 Å². The Balaban J connectivity index is 0. The van der Waals surface area contributed by atoms with Gasteiger partial charge in [-0.15, -0.1) is 0 Å². The van der Waals surface area contributed by atoms with E-state index in [1.807, 2.05) is 33.8 Å². The molecule has 0 aromatic heterocycles. The summed E-state index contributed by atoms with van der Waals surface area (Å²) in [5, 5.41) is 0. The van der Waals surface area contributed by atoms with Gasteiger partial charge < -0.3 is 8.92 Å². The van der Waals surface area contributed by atoms with Gasteiger partial charge >= 0.3 is 21.6 Å². The summed E-state index contributed by atoms with van der Waals surface area (Å²) in [5.74, 6) is -1.59. The molecule has 0 bridgehead atoms. The van der Waals surface area contributed by atoms with Gasteiger partial charge in [-0.2, -0.15) is 21.6 Å². The minimum absolute atomic E-state index is 0.0126. The van der Waals surface area contributed by atoms with Crippen molar-refractivity contribution in [3.05, 3.63) is 46.8 Å². The van der Waals surface area contributed by atoms with Crippen molar-refractivity contribution in [1.29, 1.82) is 0 Å². The van der Waals surface area contributed by atoms with E-state index >= 15 is 0 Å². The Morgan fingerprint density at radius 2 is 1.42 bits per heavy atom. The molecule has 0 aliphatic rings. The van der Waals surface area contributed by atoms with E-state index < -0.39 is 27.4 Å². The minimum Gasteiger partial charge on any atom is -0.463 e. The smallest absolute Gasteiger partial charge is 0.463 e. The second-order valence-electron chi connectivity index (χ2n) is 9.51. The van der Waals surface area contributed by atoms with Crippen molar-refractivity contribution in [2.45, 2.75) is 106 Å². The predicted octanol–water partition coefficient (Wildman–Crippen LogP) is 8.55. The number of hydrogen-bond acceptors (Lipinski definition) is 5. The van der Waals surface area contributed by atoms with E-state index in [0.717, 1.165) is 24.0 Å². The van der Waals surface area contributed by atoms with Crippen LogP contribution in [0.3, 0.4) is 0 Å². The fraction of sp³-hybridized carbons (Fsp3) is 0.667. The van der Waals surface area contributed by atoms with Gasteiger partial charge in [0.1, 0.15) is 5.76 Å². The van der Waals surface area contributed by atoms with Crippen LogP contribution < -0.4 is 0 Å². The van der Waals surface area contributed by atoms with Crippen molar-refractivity contribution < 1.29 is 35.3 Å². The monoisotopic (exact) mass is 538 g/mol. The third kappa shape index (κ3) is 16.6. The van der Waals surface area contributed by atoms with E-state index in [9.17, 15) is 26.4 Å². The molecule has 9 heteroatoms. The maximum absolute atomic E-state index is 12.8. The van der Waals surface area contributed by atoms with Gasteiger partial charge in [0.2, 0.25) is 0 Å². The van der Waals surface area contributed by atoms with Crippen molar-refractivity contribution in [1.82, 2.24) is 0 Å². The van der Waals surface area contributed by atoms with Gasteiger partial charge in [0, 0.05) is 6.42 Å². The molecule has 36 heavy (non-hydrogen) atoms. The number of ether oxygens (including phenoxy) is 1. The number of carbonyl (C=O) groups is 1. The summed E-state index contributed by atoms with van der Waals surface area (Å²) < 4.78 is 70.1. The van der Waals surface area contributed by atoms with Gasteiger partial charge in [-0.05, 0) is 65.7 Å². The Kier molecular flexibility index (Phi) is 17.5. The summed E-state index contributed by atoms with van der Waals surface area (Å²) in [6.07, 6.45) is 10.4. The summed E-state index contributed by atoms with van der Waals surface area (Å²) in [6, 6.07) is 0. The first-order valence-electron chi connectivity index (χ1n) is 12.3.